The van der Waals surface area contributed by atoms with E-state index in [2.05, 4.69) is 5.32 Å². The molecule has 1 aromatic rings. The molecule has 1 N–H and O–H groups in total. The monoisotopic (exact) mass is 251 g/mol. The van der Waals surface area contributed by atoms with Gasteiger partial charge in [-0.05, 0) is 37.1 Å². The Hall–Kier alpha value is -1.42. The zero-order chi connectivity index (χ0) is 13.0. The lowest BCUT2D eigenvalue weighted by atomic mass is 9.96. The Kier molecular flexibility index (Phi) is 4.31. The third-order valence-corrected chi connectivity index (χ3v) is 3.29. The number of carbonyl (C=O) groups excluding carboxylic acids is 1. The lowest BCUT2D eigenvalue weighted by Gasteiger charge is -2.22. The number of hydrogen-bond acceptors (Lipinski definition) is 3. The molecule has 1 aliphatic rings. The van der Waals surface area contributed by atoms with Crippen LogP contribution in [-0.4, -0.2) is 25.5 Å². The van der Waals surface area contributed by atoms with Gasteiger partial charge in [0.05, 0.1) is 13.2 Å². The van der Waals surface area contributed by atoms with Crippen LogP contribution in [0.25, 0.3) is 0 Å². The van der Waals surface area contributed by atoms with Crippen LogP contribution in [0.4, 0.5) is 4.39 Å². The van der Waals surface area contributed by atoms with Gasteiger partial charge in [-0.15, -0.1) is 0 Å². The molecular formula is C14H18FNO2. The first-order valence-corrected chi connectivity index (χ1v) is 6.29. The van der Waals surface area contributed by atoms with Crippen LogP contribution in [-0.2, 0) is 11.2 Å². The molecule has 1 saturated heterocycles. The van der Waals surface area contributed by atoms with Crippen molar-refractivity contribution in [3.63, 3.8) is 0 Å². The molecule has 98 valence electrons. The Morgan fingerprint density at radius 3 is 2.94 bits per heavy atom. The fourth-order valence-electron chi connectivity index (χ4n) is 2.27. The van der Waals surface area contributed by atoms with Gasteiger partial charge in [-0.3, -0.25) is 4.79 Å². The van der Waals surface area contributed by atoms with E-state index in [-0.39, 0.29) is 24.0 Å². The van der Waals surface area contributed by atoms with Crippen molar-refractivity contribution in [3.8, 4) is 5.75 Å². The molecule has 0 spiro atoms. The number of methoxy groups -OCH3 is 1. The van der Waals surface area contributed by atoms with Gasteiger partial charge in [-0.2, -0.15) is 0 Å². The molecule has 0 aromatic heterocycles. The summed E-state index contributed by atoms with van der Waals surface area (Å²) in [6.07, 6.45) is 3.37. The average molecular weight is 251 g/mol. The smallest absolute Gasteiger partial charge is 0.165 e. The molecule has 1 aliphatic heterocycles. The SMILES string of the molecule is COc1ccc(CC(=O)C2CCCCN2)cc1F. The first-order chi connectivity index (χ1) is 8.70. The van der Waals surface area contributed by atoms with E-state index in [1.165, 1.54) is 13.2 Å². The van der Waals surface area contributed by atoms with E-state index in [1.54, 1.807) is 12.1 Å². The maximum Gasteiger partial charge on any atom is 0.165 e. The molecule has 1 unspecified atom stereocenters. The summed E-state index contributed by atoms with van der Waals surface area (Å²) >= 11 is 0. The highest BCUT2D eigenvalue weighted by Crippen LogP contribution is 2.19. The largest absolute Gasteiger partial charge is 0.494 e. The number of nitrogens with one attached hydrogen (secondary N) is 1. The van der Waals surface area contributed by atoms with Crippen molar-refractivity contribution in [3.05, 3.63) is 29.6 Å². The highest BCUT2D eigenvalue weighted by molar-refractivity contribution is 5.86. The van der Waals surface area contributed by atoms with Gasteiger partial charge < -0.3 is 10.1 Å². The Labute approximate surface area is 106 Å². The molecule has 0 amide bonds. The minimum atomic E-state index is -0.417. The van der Waals surface area contributed by atoms with Crippen molar-refractivity contribution in [2.45, 2.75) is 31.7 Å². The van der Waals surface area contributed by atoms with Crippen LogP contribution in [0, 0.1) is 5.82 Å². The molecule has 0 saturated carbocycles. The summed E-state index contributed by atoms with van der Waals surface area (Å²) in [5.74, 6) is -0.0688. The lowest BCUT2D eigenvalue weighted by Crippen LogP contribution is -2.41. The van der Waals surface area contributed by atoms with Crippen molar-refractivity contribution in [1.29, 1.82) is 0 Å². The van der Waals surface area contributed by atoms with Gasteiger partial charge in [-0.1, -0.05) is 12.5 Å². The van der Waals surface area contributed by atoms with Crippen LogP contribution in [0.2, 0.25) is 0 Å². The van der Waals surface area contributed by atoms with Gasteiger partial charge in [0.2, 0.25) is 0 Å². The Balaban J connectivity index is 2.00. The number of benzene rings is 1. The molecule has 0 bridgehead atoms. The van der Waals surface area contributed by atoms with E-state index in [9.17, 15) is 9.18 Å². The van der Waals surface area contributed by atoms with Gasteiger partial charge in [0.15, 0.2) is 17.3 Å². The quantitative estimate of drug-likeness (QED) is 0.890. The fraction of sp³-hybridized carbons (Fsp3) is 0.500. The third-order valence-electron chi connectivity index (χ3n) is 3.29. The summed E-state index contributed by atoms with van der Waals surface area (Å²) in [6.45, 7) is 0.896. The Bertz CT molecular complexity index is 428. The number of rotatable bonds is 4. The summed E-state index contributed by atoms with van der Waals surface area (Å²) in [6, 6.07) is 4.61. The van der Waals surface area contributed by atoms with Crippen molar-refractivity contribution >= 4 is 5.78 Å². The molecule has 18 heavy (non-hydrogen) atoms. The minimum absolute atomic E-state index is 0.0658. The van der Waals surface area contributed by atoms with E-state index in [0.717, 1.165) is 25.8 Å². The van der Waals surface area contributed by atoms with Gasteiger partial charge >= 0.3 is 0 Å². The number of ether oxygens (including phenoxy) is 1. The molecule has 1 atom stereocenters. The average Bonchev–Trinajstić information content (AvgIpc) is 2.40. The van der Waals surface area contributed by atoms with Crippen molar-refractivity contribution < 1.29 is 13.9 Å². The predicted molar refractivity (Wildman–Crippen MR) is 67.3 cm³/mol. The van der Waals surface area contributed by atoms with Crippen LogP contribution in [0.15, 0.2) is 18.2 Å². The summed E-state index contributed by atoms with van der Waals surface area (Å²) < 4.78 is 18.3. The summed E-state index contributed by atoms with van der Waals surface area (Å²) in [5, 5.41) is 3.21. The second-order valence-corrected chi connectivity index (χ2v) is 4.61. The van der Waals surface area contributed by atoms with Crippen LogP contribution >= 0.6 is 0 Å². The number of halogens is 1. The first-order valence-electron chi connectivity index (χ1n) is 6.29. The zero-order valence-corrected chi connectivity index (χ0v) is 10.5. The summed E-state index contributed by atoms with van der Waals surface area (Å²) in [7, 11) is 1.43. The second-order valence-electron chi connectivity index (χ2n) is 4.61. The van der Waals surface area contributed by atoms with Gasteiger partial charge in [0.25, 0.3) is 0 Å². The van der Waals surface area contributed by atoms with Gasteiger partial charge in [0, 0.05) is 6.42 Å². The fourth-order valence-corrected chi connectivity index (χ4v) is 2.27. The third kappa shape index (κ3) is 3.07. The molecular weight excluding hydrogens is 233 g/mol. The first kappa shape index (κ1) is 13.0. The van der Waals surface area contributed by atoms with E-state index >= 15 is 0 Å². The molecule has 0 radical (unpaired) electrons. The van der Waals surface area contributed by atoms with Crippen LogP contribution in [0.3, 0.4) is 0 Å². The summed E-state index contributed by atoms with van der Waals surface area (Å²) in [4.78, 5) is 12.0. The van der Waals surface area contributed by atoms with Gasteiger partial charge in [-0.25, -0.2) is 4.39 Å². The van der Waals surface area contributed by atoms with E-state index in [4.69, 9.17) is 4.74 Å². The number of ketones is 1. The normalized spacial score (nSPS) is 19.6. The topological polar surface area (TPSA) is 38.3 Å². The lowest BCUT2D eigenvalue weighted by molar-refractivity contribution is -0.120. The number of hydrogen-bond donors (Lipinski definition) is 1. The number of Topliss-reactive ketones (excluding diaryl/α,β-unsaturated/α-hetero) is 1. The van der Waals surface area contributed by atoms with Crippen LogP contribution in [0.5, 0.6) is 5.75 Å². The van der Waals surface area contributed by atoms with Crippen molar-refractivity contribution in [1.82, 2.24) is 5.32 Å². The highest BCUT2D eigenvalue weighted by Gasteiger charge is 2.20. The maximum atomic E-state index is 13.5. The van der Waals surface area contributed by atoms with E-state index in [0.29, 0.717) is 5.56 Å². The highest BCUT2D eigenvalue weighted by atomic mass is 19.1. The summed E-state index contributed by atoms with van der Waals surface area (Å²) in [5.41, 5.74) is 0.700. The standard InChI is InChI=1S/C14H18FNO2/c1-18-14-6-5-10(8-11(14)15)9-13(17)12-4-2-3-7-16-12/h5-6,8,12,16H,2-4,7,9H2,1H3. The van der Waals surface area contributed by atoms with Crippen molar-refractivity contribution in [2.75, 3.05) is 13.7 Å². The Morgan fingerprint density at radius 1 is 1.50 bits per heavy atom. The van der Waals surface area contributed by atoms with E-state index < -0.39 is 5.82 Å². The second kappa shape index (κ2) is 5.96. The van der Waals surface area contributed by atoms with Crippen molar-refractivity contribution in [2.24, 2.45) is 0 Å². The molecule has 1 aromatic carbocycles. The molecule has 0 aliphatic carbocycles. The molecule has 4 heteroatoms. The molecule has 2 rings (SSSR count). The number of carbonyl (C=O) groups is 1. The number of piperidine rings is 1. The molecule has 1 heterocycles. The minimum Gasteiger partial charge on any atom is -0.494 e. The Morgan fingerprint density at radius 2 is 2.33 bits per heavy atom. The zero-order valence-electron chi connectivity index (χ0n) is 10.5. The molecule has 3 nitrogen and oxygen atoms in total. The van der Waals surface area contributed by atoms with E-state index in [1.807, 2.05) is 0 Å². The molecule has 1 fully saturated rings. The maximum absolute atomic E-state index is 13.5. The van der Waals surface area contributed by atoms with Crippen LogP contribution in [0.1, 0.15) is 24.8 Å². The van der Waals surface area contributed by atoms with Gasteiger partial charge in [0.1, 0.15) is 0 Å². The predicted octanol–water partition coefficient (Wildman–Crippen LogP) is 2.09. The van der Waals surface area contributed by atoms with Crippen LogP contribution < -0.4 is 10.1 Å².